The second-order valence-electron chi connectivity index (χ2n) is 4.91. The highest BCUT2D eigenvalue weighted by molar-refractivity contribution is 7.92. The Hall–Kier alpha value is -1.16. The van der Waals surface area contributed by atoms with Gasteiger partial charge in [-0.3, -0.25) is 4.79 Å². The Morgan fingerprint density at radius 2 is 2.11 bits per heavy atom. The summed E-state index contributed by atoms with van der Waals surface area (Å²) < 4.78 is 23.6. The molecule has 0 fully saturated rings. The molecular formula is C14H18O3S. The van der Waals surface area contributed by atoms with E-state index in [9.17, 15) is 13.2 Å². The molecule has 0 bridgehead atoms. The molecule has 3 nitrogen and oxygen atoms in total. The minimum atomic E-state index is -3.02. The molecule has 0 N–H and O–H groups in total. The van der Waals surface area contributed by atoms with E-state index >= 15 is 0 Å². The molecule has 0 unspecified atom stereocenters. The molecule has 0 saturated carbocycles. The van der Waals surface area contributed by atoms with Crippen molar-refractivity contribution in [1.82, 2.24) is 0 Å². The van der Waals surface area contributed by atoms with E-state index in [-0.39, 0.29) is 23.4 Å². The van der Waals surface area contributed by atoms with E-state index in [4.69, 9.17) is 0 Å². The summed E-state index contributed by atoms with van der Waals surface area (Å²) in [5.74, 6) is 0.0842. The maximum Gasteiger partial charge on any atom is 0.160 e. The molecule has 3 atom stereocenters. The van der Waals surface area contributed by atoms with Gasteiger partial charge >= 0.3 is 0 Å². The fourth-order valence-electron chi connectivity index (χ4n) is 2.72. The Morgan fingerprint density at radius 1 is 1.33 bits per heavy atom. The lowest BCUT2D eigenvalue weighted by molar-refractivity contribution is -0.119. The number of ketones is 1. The van der Waals surface area contributed by atoms with E-state index in [1.165, 1.54) is 6.08 Å². The first kappa shape index (κ1) is 13.3. The zero-order valence-electron chi connectivity index (χ0n) is 10.3. The van der Waals surface area contributed by atoms with E-state index < -0.39 is 15.1 Å². The number of allylic oxidation sites excluding steroid dienone is 3. The highest BCUT2D eigenvalue weighted by atomic mass is 32.2. The number of rotatable bonds is 4. The van der Waals surface area contributed by atoms with Crippen molar-refractivity contribution in [2.75, 3.05) is 5.75 Å². The average Bonchev–Trinajstić information content (AvgIpc) is 2.68. The maximum absolute atomic E-state index is 11.8. The van der Waals surface area contributed by atoms with Crippen LogP contribution in [-0.2, 0) is 14.6 Å². The van der Waals surface area contributed by atoms with Crippen molar-refractivity contribution in [2.24, 2.45) is 11.8 Å². The van der Waals surface area contributed by atoms with Gasteiger partial charge in [-0.1, -0.05) is 30.9 Å². The summed E-state index contributed by atoms with van der Waals surface area (Å²) in [5.41, 5.74) is 0. The number of sulfone groups is 1. The molecule has 18 heavy (non-hydrogen) atoms. The van der Waals surface area contributed by atoms with Gasteiger partial charge in [0.05, 0.1) is 11.0 Å². The fraction of sp³-hybridized carbons (Fsp3) is 0.500. The van der Waals surface area contributed by atoms with Crippen LogP contribution >= 0.6 is 0 Å². The zero-order chi connectivity index (χ0) is 13.2. The monoisotopic (exact) mass is 266 g/mol. The predicted molar refractivity (Wildman–Crippen MR) is 71.9 cm³/mol. The molecule has 1 heterocycles. The first-order chi connectivity index (χ1) is 8.54. The molecule has 4 heteroatoms. The van der Waals surface area contributed by atoms with Crippen LogP contribution in [0.1, 0.15) is 19.3 Å². The summed E-state index contributed by atoms with van der Waals surface area (Å²) >= 11 is 0. The van der Waals surface area contributed by atoms with Gasteiger partial charge < -0.3 is 0 Å². The molecule has 2 rings (SSSR count). The summed E-state index contributed by atoms with van der Waals surface area (Å²) in [6.45, 7) is 3.52. The molecule has 0 aromatic rings. The maximum atomic E-state index is 11.8. The summed E-state index contributed by atoms with van der Waals surface area (Å²) in [7, 11) is -3.02. The second-order valence-corrected chi connectivity index (χ2v) is 7.18. The summed E-state index contributed by atoms with van der Waals surface area (Å²) in [6, 6.07) is 0. The lowest BCUT2D eigenvalue weighted by atomic mass is 9.78. The summed E-state index contributed by atoms with van der Waals surface area (Å²) in [4.78, 5) is 11.8. The molecule has 0 amide bonds. The SMILES string of the molecule is C=CC(=O)[C@H]1CCC=C[C@H]1C[C@H]1C=CCS1(=O)=O. The van der Waals surface area contributed by atoms with Gasteiger partial charge in [-0.05, 0) is 31.3 Å². The van der Waals surface area contributed by atoms with Gasteiger partial charge in [0.25, 0.3) is 0 Å². The quantitative estimate of drug-likeness (QED) is 0.578. The third-order valence-electron chi connectivity index (χ3n) is 3.76. The summed E-state index contributed by atoms with van der Waals surface area (Å²) in [6.07, 6.45) is 11.1. The molecule has 0 radical (unpaired) electrons. The van der Waals surface area contributed by atoms with Crippen LogP contribution in [0.5, 0.6) is 0 Å². The van der Waals surface area contributed by atoms with Crippen molar-refractivity contribution in [2.45, 2.75) is 24.5 Å². The molecular weight excluding hydrogens is 248 g/mol. The third-order valence-corrected chi connectivity index (χ3v) is 5.69. The number of hydrogen-bond acceptors (Lipinski definition) is 3. The van der Waals surface area contributed by atoms with E-state index in [0.29, 0.717) is 6.42 Å². The van der Waals surface area contributed by atoms with E-state index in [1.54, 1.807) is 12.2 Å². The van der Waals surface area contributed by atoms with Crippen molar-refractivity contribution < 1.29 is 13.2 Å². The van der Waals surface area contributed by atoms with Crippen LogP contribution in [0.2, 0.25) is 0 Å². The second kappa shape index (κ2) is 5.22. The largest absolute Gasteiger partial charge is 0.295 e. The van der Waals surface area contributed by atoms with E-state index in [2.05, 4.69) is 6.58 Å². The van der Waals surface area contributed by atoms with Gasteiger partial charge in [0.15, 0.2) is 15.6 Å². The van der Waals surface area contributed by atoms with Gasteiger partial charge in [0, 0.05) is 5.92 Å². The Morgan fingerprint density at radius 3 is 2.72 bits per heavy atom. The van der Waals surface area contributed by atoms with Gasteiger partial charge in [-0.15, -0.1) is 0 Å². The van der Waals surface area contributed by atoms with Crippen LogP contribution in [0.25, 0.3) is 0 Å². The highest BCUT2D eigenvalue weighted by Gasteiger charge is 2.33. The van der Waals surface area contributed by atoms with Gasteiger partial charge in [0.1, 0.15) is 0 Å². The molecule has 0 aromatic carbocycles. The van der Waals surface area contributed by atoms with Crippen molar-refractivity contribution in [3.05, 3.63) is 37.0 Å². The lowest BCUT2D eigenvalue weighted by Gasteiger charge is -2.27. The zero-order valence-corrected chi connectivity index (χ0v) is 11.1. The average molecular weight is 266 g/mol. The molecule has 1 aliphatic carbocycles. The Kier molecular flexibility index (Phi) is 3.85. The molecule has 2 aliphatic rings. The van der Waals surface area contributed by atoms with Crippen molar-refractivity contribution in [1.29, 1.82) is 0 Å². The predicted octanol–water partition coefficient (Wildman–Crippen LogP) is 2.07. The standard InChI is InChI=1S/C14H18O3S/c1-2-14(15)13-8-4-3-6-11(13)10-12-7-5-9-18(12,16)17/h2-3,5-7,11-13H,1,4,8-10H2/t11-,12+,13-/m0/s1. The minimum Gasteiger partial charge on any atom is -0.295 e. The highest BCUT2D eigenvalue weighted by Crippen LogP contribution is 2.32. The number of carbonyl (C=O) groups excluding carboxylic acids is 1. The van der Waals surface area contributed by atoms with E-state index in [0.717, 1.165) is 12.8 Å². The Balaban J connectivity index is 2.13. The molecule has 0 aromatic heterocycles. The smallest absolute Gasteiger partial charge is 0.160 e. The van der Waals surface area contributed by atoms with Crippen LogP contribution in [0.15, 0.2) is 37.0 Å². The normalized spacial score (nSPS) is 33.4. The van der Waals surface area contributed by atoms with Gasteiger partial charge in [-0.25, -0.2) is 8.42 Å². The van der Waals surface area contributed by atoms with Gasteiger partial charge in [-0.2, -0.15) is 0 Å². The molecule has 1 aliphatic heterocycles. The van der Waals surface area contributed by atoms with Crippen LogP contribution < -0.4 is 0 Å². The summed E-state index contributed by atoms with van der Waals surface area (Å²) in [5, 5.41) is -0.426. The van der Waals surface area contributed by atoms with Crippen LogP contribution in [-0.4, -0.2) is 25.2 Å². The van der Waals surface area contributed by atoms with Crippen molar-refractivity contribution in [3.63, 3.8) is 0 Å². The van der Waals surface area contributed by atoms with Crippen molar-refractivity contribution in [3.8, 4) is 0 Å². The Labute approximate surface area is 108 Å². The van der Waals surface area contributed by atoms with E-state index in [1.807, 2.05) is 12.2 Å². The fourth-order valence-corrected chi connectivity index (χ4v) is 4.21. The van der Waals surface area contributed by atoms with Crippen molar-refractivity contribution >= 4 is 15.6 Å². The number of carbonyl (C=O) groups is 1. The van der Waals surface area contributed by atoms with Crippen LogP contribution in [0, 0.1) is 11.8 Å². The van der Waals surface area contributed by atoms with Crippen LogP contribution in [0.4, 0.5) is 0 Å². The minimum absolute atomic E-state index is 0.0202. The lowest BCUT2D eigenvalue weighted by Crippen LogP contribution is -2.28. The molecule has 98 valence electrons. The first-order valence-corrected chi connectivity index (χ1v) is 7.97. The molecule has 0 saturated heterocycles. The molecule has 0 spiro atoms. The first-order valence-electron chi connectivity index (χ1n) is 6.26. The third kappa shape index (κ3) is 2.64. The van der Waals surface area contributed by atoms with Crippen LogP contribution in [0.3, 0.4) is 0 Å². The topological polar surface area (TPSA) is 51.2 Å². The van der Waals surface area contributed by atoms with Gasteiger partial charge in [0.2, 0.25) is 0 Å². The Bertz CT molecular complexity index is 499. The number of hydrogen-bond donors (Lipinski definition) is 0.